The highest BCUT2D eigenvalue weighted by molar-refractivity contribution is 6.19. The molecule has 0 bridgehead atoms. The molecule has 3 nitrogen and oxygen atoms in total. The Kier molecular flexibility index (Phi) is 6.14. The molecule has 9 aromatic rings. The highest BCUT2D eigenvalue weighted by Crippen LogP contribution is 2.39. The molecule has 9 rings (SSSR count). The van der Waals surface area contributed by atoms with E-state index in [1.165, 1.54) is 38.2 Å². The van der Waals surface area contributed by atoms with Crippen LogP contribution >= 0.6 is 0 Å². The van der Waals surface area contributed by atoms with E-state index in [2.05, 4.69) is 162 Å². The number of hydrogen-bond donors (Lipinski definition) is 0. The minimum absolute atomic E-state index is 0.811. The summed E-state index contributed by atoms with van der Waals surface area (Å²) in [6.45, 7) is 0. The van der Waals surface area contributed by atoms with Crippen molar-refractivity contribution in [2.24, 2.45) is 0 Å². The van der Waals surface area contributed by atoms with E-state index in [-0.39, 0.29) is 0 Å². The largest absolute Gasteiger partial charge is 0.454 e. The second kappa shape index (κ2) is 10.8. The van der Waals surface area contributed by atoms with Gasteiger partial charge in [0.2, 0.25) is 0 Å². The lowest BCUT2D eigenvalue weighted by Crippen LogP contribution is -2.09. The lowest BCUT2D eigenvalue weighted by Gasteiger charge is -2.26. The molecule has 0 aliphatic heterocycles. The van der Waals surface area contributed by atoms with Crippen molar-refractivity contribution in [2.75, 3.05) is 4.90 Å². The van der Waals surface area contributed by atoms with Crippen molar-refractivity contribution in [1.29, 1.82) is 0 Å². The molecule has 7 aromatic carbocycles. The molecule has 0 aliphatic carbocycles. The quantitative estimate of drug-likeness (QED) is 0.200. The van der Waals surface area contributed by atoms with Crippen LogP contribution in [-0.2, 0) is 0 Å². The Bertz CT molecular complexity index is 2510. The Morgan fingerprint density at radius 3 is 1.91 bits per heavy atom. The fraction of sp³-hybridized carbons (Fsp3) is 0. The third-order valence-electron chi connectivity index (χ3n) is 8.96. The van der Waals surface area contributed by atoms with E-state index in [0.29, 0.717) is 0 Å². The summed E-state index contributed by atoms with van der Waals surface area (Å²) >= 11 is 0. The predicted octanol–water partition coefficient (Wildman–Crippen LogP) is 12.1. The number of benzene rings is 7. The number of rotatable bonds is 5. The number of fused-ring (bicyclic) bond motifs is 6. The molecule has 0 fully saturated rings. The van der Waals surface area contributed by atoms with E-state index in [9.17, 15) is 0 Å². The van der Waals surface area contributed by atoms with Crippen molar-refractivity contribution >= 4 is 60.5 Å². The van der Waals surface area contributed by atoms with Crippen molar-refractivity contribution in [3.63, 3.8) is 0 Å². The van der Waals surface area contributed by atoms with Crippen LogP contribution in [0.2, 0.25) is 0 Å². The molecule has 0 amide bonds. The Hall–Kier alpha value is -6.19. The molecule has 0 radical (unpaired) electrons. The van der Waals surface area contributed by atoms with E-state index in [1.807, 2.05) is 12.3 Å². The van der Waals surface area contributed by atoms with Crippen LogP contribution in [0.1, 0.15) is 0 Å². The van der Waals surface area contributed by atoms with Gasteiger partial charge in [0.25, 0.3) is 0 Å². The van der Waals surface area contributed by atoms with E-state index in [4.69, 9.17) is 4.42 Å². The second-order valence-electron chi connectivity index (χ2n) is 11.6. The van der Waals surface area contributed by atoms with Crippen LogP contribution in [0, 0.1) is 0 Å². The number of pyridine rings is 1. The zero-order chi connectivity index (χ0) is 30.5. The molecule has 216 valence electrons. The van der Waals surface area contributed by atoms with Gasteiger partial charge in [0.05, 0.1) is 6.20 Å². The number of para-hydroxylation sites is 1. The Balaban J connectivity index is 1.10. The second-order valence-corrected chi connectivity index (χ2v) is 11.6. The van der Waals surface area contributed by atoms with Crippen molar-refractivity contribution in [3.05, 3.63) is 170 Å². The lowest BCUT2D eigenvalue weighted by atomic mass is 9.97. The van der Waals surface area contributed by atoms with E-state index >= 15 is 0 Å². The molecule has 2 aromatic heterocycles. The minimum Gasteiger partial charge on any atom is -0.454 e. The first-order valence-corrected chi connectivity index (χ1v) is 15.5. The van der Waals surface area contributed by atoms with Crippen molar-refractivity contribution in [3.8, 4) is 22.3 Å². The van der Waals surface area contributed by atoms with Gasteiger partial charge in [-0.15, -0.1) is 0 Å². The monoisotopic (exact) mass is 588 g/mol. The van der Waals surface area contributed by atoms with Crippen molar-refractivity contribution in [2.45, 2.75) is 0 Å². The van der Waals surface area contributed by atoms with E-state index in [1.54, 1.807) is 6.20 Å². The normalized spacial score (nSPS) is 11.5. The smallest absolute Gasteiger partial charge is 0.153 e. The maximum absolute atomic E-state index is 6.12. The van der Waals surface area contributed by atoms with Crippen LogP contribution in [0.4, 0.5) is 17.1 Å². The molecule has 0 N–H and O–H groups in total. The Labute approximate surface area is 266 Å². The molecular weight excluding hydrogens is 560 g/mol. The van der Waals surface area contributed by atoms with Crippen LogP contribution in [0.15, 0.2) is 175 Å². The SMILES string of the molecule is c1ccc(N(c2ccc(-c3ccc4ccc5oc6cnccc6c5c4c3)cc2)c2ccc(-c3cccc4ccccc34)cc2)cc1. The number of furan rings is 1. The fourth-order valence-electron chi connectivity index (χ4n) is 6.72. The molecule has 46 heavy (non-hydrogen) atoms. The molecule has 0 aliphatic rings. The van der Waals surface area contributed by atoms with Crippen molar-refractivity contribution in [1.82, 2.24) is 4.98 Å². The van der Waals surface area contributed by atoms with Crippen LogP contribution in [0.5, 0.6) is 0 Å². The molecule has 0 saturated heterocycles. The summed E-state index contributed by atoms with van der Waals surface area (Å²) < 4.78 is 6.12. The summed E-state index contributed by atoms with van der Waals surface area (Å²) in [4.78, 5) is 6.56. The summed E-state index contributed by atoms with van der Waals surface area (Å²) in [5.41, 5.74) is 9.80. The topological polar surface area (TPSA) is 29.3 Å². The molecule has 0 saturated carbocycles. The van der Waals surface area contributed by atoms with Crippen LogP contribution < -0.4 is 4.90 Å². The van der Waals surface area contributed by atoms with Gasteiger partial charge in [-0.05, 0) is 98.4 Å². The van der Waals surface area contributed by atoms with Gasteiger partial charge in [-0.1, -0.05) is 103 Å². The van der Waals surface area contributed by atoms with E-state index in [0.717, 1.165) is 44.6 Å². The van der Waals surface area contributed by atoms with E-state index < -0.39 is 0 Å². The molecule has 0 unspecified atom stereocenters. The molecular formula is C43H28N2O. The van der Waals surface area contributed by atoms with Gasteiger partial charge < -0.3 is 9.32 Å². The first-order valence-electron chi connectivity index (χ1n) is 15.5. The van der Waals surface area contributed by atoms with Crippen molar-refractivity contribution < 1.29 is 4.42 Å². The lowest BCUT2D eigenvalue weighted by molar-refractivity contribution is 0.667. The Morgan fingerprint density at radius 1 is 0.435 bits per heavy atom. The maximum Gasteiger partial charge on any atom is 0.153 e. The first kappa shape index (κ1) is 26.2. The Morgan fingerprint density at radius 2 is 1.09 bits per heavy atom. The number of hydrogen-bond acceptors (Lipinski definition) is 3. The zero-order valence-electron chi connectivity index (χ0n) is 25.0. The third kappa shape index (κ3) is 4.41. The molecule has 3 heteroatoms. The highest BCUT2D eigenvalue weighted by atomic mass is 16.3. The molecule has 0 atom stereocenters. The van der Waals surface area contributed by atoms with Crippen LogP contribution in [0.25, 0.3) is 65.7 Å². The minimum atomic E-state index is 0.811. The summed E-state index contributed by atoms with van der Waals surface area (Å²) in [6, 6.07) is 56.3. The standard InChI is InChI=1S/C43H28N2O/c1-2-9-34(10-3-1)45(36-22-17-31(18-23-36)38-12-6-8-30-7-4-5-11-37(30)38)35-20-15-29(16-21-35)33-14-13-32-19-24-41-43(40(32)27-33)39-25-26-44-28-42(39)46-41/h1-28H. The van der Waals surface area contributed by atoms with Gasteiger partial charge in [0, 0.05) is 34.0 Å². The summed E-state index contributed by atoms with van der Waals surface area (Å²) in [7, 11) is 0. The highest BCUT2D eigenvalue weighted by Gasteiger charge is 2.15. The summed E-state index contributed by atoms with van der Waals surface area (Å²) in [5.74, 6) is 0. The van der Waals surface area contributed by atoms with Gasteiger partial charge >= 0.3 is 0 Å². The van der Waals surface area contributed by atoms with Gasteiger partial charge in [0.15, 0.2) is 5.58 Å². The predicted molar refractivity (Wildman–Crippen MR) is 192 cm³/mol. The van der Waals surface area contributed by atoms with Crippen LogP contribution in [-0.4, -0.2) is 4.98 Å². The number of anilines is 3. The van der Waals surface area contributed by atoms with Gasteiger partial charge in [-0.3, -0.25) is 4.98 Å². The summed E-state index contributed by atoms with van der Waals surface area (Å²) in [6.07, 6.45) is 3.62. The zero-order valence-corrected chi connectivity index (χ0v) is 25.0. The average Bonchev–Trinajstić information content (AvgIpc) is 3.52. The number of nitrogens with zero attached hydrogens (tertiary/aromatic N) is 2. The fourth-order valence-corrected chi connectivity index (χ4v) is 6.72. The summed E-state index contributed by atoms with van der Waals surface area (Å²) in [5, 5.41) is 7.11. The first-order chi connectivity index (χ1) is 22.8. The molecule has 2 heterocycles. The van der Waals surface area contributed by atoms with Gasteiger partial charge in [-0.25, -0.2) is 0 Å². The maximum atomic E-state index is 6.12. The van der Waals surface area contributed by atoms with Gasteiger partial charge in [-0.2, -0.15) is 0 Å². The number of aromatic nitrogens is 1. The third-order valence-corrected chi connectivity index (χ3v) is 8.96. The average molecular weight is 589 g/mol. The van der Waals surface area contributed by atoms with Crippen LogP contribution in [0.3, 0.4) is 0 Å². The van der Waals surface area contributed by atoms with Gasteiger partial charge in [0.1, 0.15) is 5.58 Å². The molecule has 0 spiro atoms.